The number of anilines is 1. The molecule has 1 fully saturated rings. The van der Waals surface area contributed by atoms with Gasteiger partial charge >= 0.3 is 0 Å². The summed E-state index contributed by atoms with van der Waals surface area (Å²) in [4.78, 5) is 25.5. The largest absolute Gasteiger partial charge is 0.352 e. The van der Waals surface area contributed by atoms with Gasteiger partial charge in [-0.05, 0) is 19.9 Å². The van der Waals surface area contributed by atoms with E-state index in [9.17, 15) is 4.79 Å². The second-order valence-electron chi connectivity index (χ2n) is 5.35. The highest BCUT2D eigenvalue weighted by Crippen LogP contribution is 2.13. The average Bonchev–Trinajstić information content (AvgIpc) is 2.52. The first-order valence-corrected chi connectivity index (χ1v) is 7.74. The summed E-state index contributed by atoms with van der Waals surface area (Å²) in [7, 11) is 0. The molecule has 1 aliphatic heterocycles. The van der Waals surface area contributed by atoms with Crippen LogP contribution in [-0.4, -0.2) is 60.0 Å². The predicted octanol–water partition coefficient (Wildman–Crippen LogP) is 1.07. The van der Waals surface area contributed by atoms with Gasteiger partial charge in [-0.3, -0.25) is 4.79 Å². The molecule has 0 spiro atoms. The molecular formula is C15H25N5O. The van der Waals surface area contributed by atoms with E-state index in [-0.39, 0.29) is 5.91 Å². The summed E-state index contributed by atoms with van der Waals surface area (Å²) < 4.78 is 0. The van der Waals surface area contributed by atoms with E-state index in [0.717, 1.165) is 50.8 Å². The standard InChI is InChI=1S/C15H25N5O/c1-4-6-16-14(21)13-11-17-15(18-12(13)3)20-9-7-19(5-2)8-10-20/h11H,4-10H2,1-3H3,(H,16,21). The number of aromatic nitrogens is 2. The zero-order valence-corrected chi connectivity index (χ0v) is 13.2. The Balaban J connectivity index is 2.03. The molecule has 0 aliphatic carbocycles. The van der Waals surface area contributed by atoms with Gasteiger partial charge in [0.2, 0.25) is 5.95 Å². The molecule has 6 heteroatoms. The Morgan fingerprint density at radius 1 is 1.29 bits per heavy atom. The van der Waals surface area contributed by atoms with Gasteiger partial charge in [-0.25, -0.2) is 9.97 Å². The smallest absolute Gasteiger partial charge is 0.254 e. The van der Waals surface area contributed by atoms with Gasteiger partial charge in [0.1, 0.15) is 0 Å². The Hall–Kier alpha value is -1.69. The van der Waals surface area contributed by atoms with Gasteiger partial charge in [0, 0.05) is 38.9 Å². The highest BCUT2D eigenvalue weighted by molar-refractivity contribution is 5.94. The molecule has 0 unspecified atom stereocenters. The molecule has 2 heterocycles. The minimum absolute atomic E-state index is 0.0864. The van der Waals surface area contributed by atoms with Crippen LogP contribution in [0.2, 0.25) is 0 Å². The van der Waals surface area contributed by atoms with Crippen molar-refractivity contribution >= 4 is 11.9 Å². The molecule has 1 aliphatic rings. The van der Waals surface area contributed by atoms with Crippen molar-refractivity contribution in [3.8, 4) is 0 Å². The van der Waals surface area contributed by atoms with Crippen LogP contribution in [0.3, 0.4) is 0 Å². The van der Waals surface area contributed by atoms with E-state index in [2.05, 4.69) is 32.0 Å². The van der Waals surface area contributed by atoms with Gasteiger partial charge in [0.15, 0.2) is 0 Å². The van der Waals surface area contributed by atoms with Crippen molar-refractivity contribution in [2.45, 2.75) is 27.2 Å². The summed E-state index contributed by atoms with van der Waals surface area (Å²) in [5.41, 5.74) is 1.31. The van der Waals surface area contributed by atoms with E-state index < -0.39 is 0 Å². The van der Waals surface area contributed by atoms with Crippen LogP contribution in [0.5, 0.6) is 0 Å². The van der Waals surface area contributed by atoms with Gasteiger partial charge in [-0.15, -0.1) is 0 Å². The fourth-order valence-corrected chi connectivity index (χ4v) is 2.43. The quantitative estimate of drug-likeness (QED) is 0.879. The maximum absolute atomic E-state index is 12.0. The number of carbonyl (C=O) groups excluding carboxylic acids is 1. The number of nitrogens with one attached hydrogen (secondary N) is 1. The molecule has 6 nitrogen and oxygen atoms in total. The molecule has 116 valence electrons. The first kappa shape index (κ1) is 15.7. The first-order chi connectivity index (χ1) is 10.2. The zero-order valence-electron chi connectivity index (χ0n) is 13.2. The molecule has 0 radical (unpaired) electrons. The molecule has 2 rings (SSSR count). The molecule has 0 bridgehead atoms. The van der Waals surface area contributed by atoms with Gasteiger partial charge in [0.25, 0.3) is 5.91 Å². The third-order valence-corrected chi connectivity index (χ3v) is 3.85. The van der Waals surface area contributed by atoms with E-state index in [1.165, 1.54) is 0 Å². The van der Waals surface area contributed by atoms with Crippen LogP contribution in [0, 0.1) is 6.92 Å². The minimum atomic E-state index is -0.0864. The number of piperazine rings is 1. The highest BCUT2D eigenvalue weighted by atomic mass is 16.1. The molecule has 1 saturated heterocycles. The van der Waals surface area contributed by atoms with E-state index in [0.29, 0.717) is 12.1 Å². The summed E-state index contributed by atoms with van der Waals surface area (Å²) in [5, 5.41) is 2.86. The van der Waals surface area contributed by atoms with Crippen LogP contribution in [0.1, 0.15) is 36.3 Å². The van der Waals surface area contributed by atoms with E-state index >= 15 is 0 Å². The lowest BCUT2D eigenvalue weighted by molar-refractivity contribution is 0.0952. The lowest BCUT2D eigenvalue weighted by Crippen LogP contribution is -2.46. The van der Waals surface area contributed by atoms with Gasteiger partial charge in [0.05, 0.1) is 11.3 Å². The van der Waals surface area contributed by atoms with Crippen molar-refractivity contribution in [3.05, 3.63) is 17.5 Å². The molecule has 21 heavy (non-hydrogen) atoms. The molecule has 0 aromatic carbocycles. The van der Waals surface area contributed by atoms with Crippen molar-refractivity contribution in [2.24, 2.45) is 0 Å². The molecule has 1 N–H and O–H groups in total. The van der Waals surface area contributed by atoms with E-state index in [1.807, 2.05) is 13.8 Å². The van der Waals surface area contributed by atoms with Gasteiger partial charge < -0.3 is 15.1 Å². The van der Waals surface area contributed by atoms with Gasteiger partial charge in [-0.2, -0.15) is 0 Å². The number of rotatable bonds is 5. The van der Waals surface area contributed by atoms with Crippen LogP contribution in [0.25, 0.3) is 0 Å². The number of aryl methyl sites for hydroxylation is 1. The van der Waals surface area contributed by atoms with E-state index in [1.54, 1.807) is 6.20 Å². The van der Waals surface area contributed by atoms with Crippen LogP contribution < -0.4 is 10.2 Å². The van der Waals surface area contributed by atoms with Crippen molar-refractivity contribution in [1.82, 2.24) is 20.2 Å². The van der Waals surface area contributed by atoms with Crippen molar-refractivity contribution < 1.29 is 4.79 Å². The van der Waals surface area contributed by atoms with Crippen LogP contribution in [-0.2, 0) is 0 Å². The third kappa shape index (κ3) is 3.91. The Morgan fingerprint density at radius 3 is 2.57 bits per heavy atom. The Kier molecular flexibility index (Phi) is 5.50. The molecule has 0 saturated carbocycles. The molecule has 1 amide bonds. The summed E-state index contributed by atoms with van der Waals surface area (Å²) >= 11 is 0. The van der Waals surface area contributed by atoms with Crippen molar-refractivity contribution in [2.75, 3.05) is 44.2 Å². The second kappa shape index (κ2) is 7.36. The Morgan fingerprint density at radius 2 is 2.00 bits per heavy atom. The number of amides is 1. The van der Waals surface area contributed by atoms with Crippen molar-refractivity contribution in [1.29, 1.82) is 0 Å². The van der Waals surface area contributed by atoms with Crippen LogP contribution >= 0.6 is 0 Å². The molecular weight excluding hydrogens is 266 g/mol. The molecule has 1 aromatic rings. The SMILES string of the molecule is CCCNC(=O)c1cnc(N2CCN(CC)CC2)nc1C. The number of hydrogen-bond acceptors (Lipinski definition) is 5. The second-order valence-corrected chi connectivity index (χ2v) is 5.35. The lowest BCUT2D eigenvalue weighted by Gasteiger charge is -2.34. The Labute approximate surface area is 126 Å². The summed E-state index contributed by atoms with van der Waals surface area (Å²) in [6.45, 7) is 11.8. The Bertz CT molecular complexity index is 483. The fourth-order valence-electron chi connectivity index (χ4n) is 2.43. The number of likely N-dealkylation sites (N-methyl/N-ethyl adjacent to an activating group) is 1. The minimum Gasteiger partial charge on any atom is -0.352 e. The van der Waals surface area contributed by atoms with Crippen LogP contribution in [0.15, 0.2) is 6.20 Å². The summed E-state index contributed by atoms with van der Waals surface area (Å²) in [6.07, 6.45) is 2.57. The first-order valence-electron chi connectivity index (χ1n) is 7.74. The highest BCUT2D eigenvalue weighted by Gasteiger charge is 2.19. The monoisotopic (exact) mass is 291 g/mol. The molecule has 0 atom stereocenters. The number of nitrogens with zero attached hydrogens (tertiary/aromatic N) is 4. The molecule has 1 aromatic heterocycles. The van der Waals surface area contributed by atoms with Gasteiger partial charge in [-0.1, -0.05) is 13.8 Å². The summed E-state index contributed by atoms with van der Waals surface area (Å²) in [6, 6.07) is 0. The maximum Gasteiger partial charge on any atom is 0.254 e. The number of carbonyl (C=O) groups is 1. The topological polar surface area (TPSA) is 61.4 Å². The average molecular weight is 291 g/mol. The zero-order chi connectivity index (χ0) is 15.2. The maximum atomic E-state index is 12.0. The predicted molar refractivity (Wildman–Crippen MR) is 83.7 cm³/mol. The third-order valence-electron chi connectivity index (χ3n) is 3.85. The number of hydrogen-bond donors (Lipinski definition) is 1. The summed E-state index contributed by atoms with van der Waals surface area (Å²) in [5.74, 6) is 0.645. The van der Waals surface area contributed by atoms with Crippen LogP contribution in [0.4, 0.5) is 5.95 Å². The van der Waals surface area contributed by atoms with E-state index in [4.69, 9.17) is 0 Å². The lowest BCUT2D eigenvalue weighted by atomic mass is 10.2. The fraction of sp³-hybridized carbons (Fsp3) is 0.667. The normalized spacial score (nSPS) is 16.0. The van der Waals surface area contributed by atoms with Crippen molar-refractivity contribution in [3.63, 3.8) is 0 Å².